The molecule has 0 saturated carbocycles. The second-order valence-electron chi connectivity index (χ2n) is 2.87. The number of aliphatic hydroxyl groups excluding tert-OH is 1. The Morgan fingerprint density at radius 3 is 1.88 bits per heavy atom. The lowest BCUT2D eigenvalue weighted by molar-refractivity contribution is -0.162. The molecule has 0 saturated heterocycles. The van der Waals surface area contributed by atoms with E-state index in [1.165, 1.54) is 0 Å². The van der Waals surface area contributed by atoms with Crippen LogP contribution < -0.4 is 0 Å². The lowest BCUT2D eigenvalue weighted by Gasteiger charge is -2.15. The number of nitrogens with zero attached hydrogens (tertiary/aromatic N) is 1. The largest absolute Gasteiger partial charge is 0.418 e. The van der Waals surface area contributed by atoms with Crippen LogP contribution in [0.4, 0.5) is 26.3 Å². The second-order valence-corrected chi connectivity index (χ2v) is 2.87. The van der Waals surface area contributed by atoms with Crippen molar-refractivity contribution in [3.8, 4) is 0 Å². The summed E-state index contributed by atoms with van der Waals surface area (Å²) in [6, 6.07) is 0.183. The molecule has 1 N–H and O–H groups in total. The van der Waals surface area contributed by atoms with Crippen molar-refractivity contribution in [1.29, 1.82) is 0 Å². The highest BCUT2D eigenvalue weighted by molar-refractivity contribution is 5.31. The van der Waals surface area contributed by atoms with E-state index >= 15 is 0 Å². The number of alkyl halides is 6. The third-order valence-electron chi connectivity index (χ3n) is 1.73. The van der Waals surface area contributed by atoms with E-state index in [4.69, 9.17) is 5.11 Å². The van der Waals surface area contributed by atoms with Gasteiger partial charge in [0, 0.05) is 6.20 Å². The average molecular weight is 245 g/mol. The molecule has 0 amide bonds. The Morgan fingerprint density at radius 2 is 1.50 bits per heavy atom. The van der Waals surface area contributed by atoms with Crippen molar-refractivity contribution in [3.63, 3.8) is 0 Å². The normalized spacial score (nSPS) is 12.9. The zero-order chi connectivity index (χ0) is 12.6. The molecule has 0 spiro atoms. The van der Waals surface area contributed by atoms with Gasteiger partial charge in [0.2, 0.25) is 0 Å². The molecular weight excluding hydrogens is 240 g/mol. The third-order valence-corrected chi connectivity index (χ3v) is 1.73. The van der Waals surface area contributed by atoms with Crippen LogP contribution in [0.15, 0.2) is 12.3 Å². The fourth-order valence-electron chi connectivity index (χ4n) is 1.05. The molecule has 1 aromatic heterocycles. The molecule has 1 rings (SSSR count). The molecule has 0 aromatic carbocycles. The summed E-state index contributed by atoms with van der Waals surface area (Å²) in [6.45, 7) is -0.860. The van der Waals surface area contributed by atoms with Crippen LogP contribution in [-0.4, -0.2) is 10.1 Å². The summed E-state index contributed by atoms with van der Waals surface area (Å²) in [5.74, 6) is 0. The Hall–Kier alpha value is -1.31. The van der Waals surface area contributed by atoms with Crippen LogP contribution >= 0.6 is 0 Å². The van der Waals surface area contributed by atoms with Crippen LogP contribution in [-0.2, 0) is 19.0 Å². The van der Waals surface area contributed by atoms with Gasteiger partial charge in [0.05, 0.1) is 23.4 Å². The molecule has 0 atom stereocenters. The second kappa shape index (κ2) is 3.93. The molecule has 8 heteroatoms. The van der Waals surface area contributed by atoms with Crippen LogP contribution in [0, 0.1) is 0 Å². The maximum atomic E-state index is 12.3. The quantitative estimate of drug-likeness (QED) is 0.771. The molecular formula is C8H5F6NO. The fraction of sp³-hybridized carbons (Fsp3) is 0.375. The van der Waals surface area contributed by atoms with Gasteiger partial charge in [0.25, 0.3) is 0 Å². The van der Waals surface area contributed by atoms with E-state index in [1.54, 1.807) is 0 Å². The van der Waals surface area contributed by atoms with Crippen LogP contribution in [0.5, 0.6) is 0 Å². The van der Waals surface area contributed by atoms with Crippen molar-refractivity contribution in [2.45, 2.75) is 19.0 Å². The molecule has 0 aliphatic carbocycles. The van der Waals surface area contributed by atoms with Crippen molar-refractivity contribution in [2.75, 3.05) is 0 Å². The number of hydrogen-bond donors (Lipinski definition) is 1. The third kappa shape index (κ3) is 2.63. The molecule has 1 heterocycles. The first-order valence-electron chi connectivity index (χ1n) is 3.90. The molecule has 0 aliphatic heterocycles. The zero-order valence-corrected chi connectivity index (χ0v) is 7.52. The smallest absolute Gasteiger partial charge is 0.390 e. The molecule has 0 bridgehead atoms. The van der Waals surface area contributed by atoms with Crippen molar-refractivity contribution in [1.82, 2.24) is 4.98 Å². The van der Waals surface area contributed by atoms with E-state index in [0.717, 1.165) is 0 Å². The molecule has 0 radical (unpaired) electrons. The molecule has 1 aromatic rings. The van der Waals surface area contributed by atoms with Crippen LogP contribution in [0.3, 0.4) is 0 Å². The Labute approximate surface area is 85.5 Å². The standard InChI is InChI=1S/C8H5F6NO/c9-7(10,11)5-1-4(3-16)15-2-6(5)8(12,13)14/h1-2,16H,3H2. The highest BCUT2D eigenvalue weighted by Gasteiger charge is 2.43. The first-order chi connectivity index (χ1) is 7.16. The summed E-state index contributed by atoms with van der Waals surface area (Å²) in [7, 11) is 0. The van der Waals surface area contributed by atoms with Gasteiger partial charge in [0.15, 0.2) is 0 Å². The number of halogens is 6. The fourth-order valence-corrected chi connectivity index (χ4v) is 1.05. The minimum absolute atomic E-state index is 0.0639. The SMILES string of the molecule is OCc1cc(C(F)(F)F)c(C(F)(F)F)cn1. The lowest BCUT2D eigenvalue weighted by Crippen LogP contribution is -2.17. The summed E-state index contributed by atoms with van der Waals surface area (Å²) < 4.78 is 73.5. The highest BCUT2D eigenvalue weighted by atomic mass is 19.4. The van der Waals surface area contributed by atoms with E-state index in [-0.39, 0.29) is 12.3 Å². The van der Waals surface area contributed by atoms with Gasteiger partial charge in [-0.25, -0.2) is 0 Å². The summed E-state index contributed by atoms with van der Waals surface area (Å²) in [4.78, 5) is 3.07. The predicted molar refractivity (Wildman–Crippen MR) is 40.2 cm³/mol. The maximum absolute atomic E-state index is 12.3. The number of rotatable bonds is 1. The minimum atomic E-state index is -5.14. The molecule has 16 heavy (non-hydrogen) atoms. The Balaban J connectivity index is 3.40. The van der Waals surface area contributed by atoms with E-state index in [9.17, 15) is 26.3 Å². The van der Waals surface area contributed by atoms with Gasteiger partial charge in [-0.15, -0.1) is 0 Å². The Kier molecular flexibility index (Phi) is 3.13. The van der Waals surface area contributed by atoms with Crippen molar-refractivity contribution in [3.05, 3.63) is 29.1 Å². The molecule has 2 nitrogen and oxygen atoms in total. The van der Waals surface area contributed by atoms with Gasteiger partial charge in [-0.2, -0.15) is 26.3 Å². The minimum Gasteiger partial charge on any atom is -0.390 e. The summed E-state index contributed by atoms with van der Waals surface area (Å²) in [6.07, 6.45) is -10.2. The van der Waals surface area contributed by atoms with Crippen molar-refractivity contribution >= 4 is 0 Å². The molecule has 0 aliphatic rings. The first-order valence-corrected chi connectivity index (χ1v) is 3.90. The number of pyridine rings is 1. The molecule has 0 unspecified atom stereocenters. The van der Waals surface area contributed by atoms with E-state index in [2.05, 4.69) is 4.98 Å². The first kappa shape index (κ1) is 12.8. The molecule has 0 fully saturated rings. The zero-order valence-electron chi connectivity index (χ0n) is 7.52. The number of aliphatic hydroxyl groups is 1. The van der Waals surface area contributed by atoms with Crippen molar-refractivity contribution < 1.29 is 31.4 Å². The average Bonchev–Trinajstić information content (AvgIpc) is 2.14. The van der Waals surface area contributed by atoms with E-state index < -0.39 is 35.8 Å². The van der Waals surface area contributed by atoms with Crippen molar-refractivity contribution in [2.24, 2.45) is 0 Å². The lowest BCUT2D eigenvalue weighted by atomic mass is 10.1. The van der Waals surface area contributed by atoms with Gasteiger partial charge in [-0.05, 0) is 6.07 Å². The number of aromatic nitrogens is 1. The van der Waals surface area contributed by atoms with Gasteiger partial charge in [0.1, 0.15) is 0 Å². The predicted octanol–water partition coefficient (Wildman–Crippen LogP) is 2.61. The topological polar surface area (TPSA) is 33.1 Å². The van der Waals surface area contributed by atoms with E-state index in [0.29, 0.717) is 0 Å². The summed E-state index contributed by atoms with van der Waals surface area (Å²) >= 11 is 0. The van der Waals surface area contributed by atoms with Crippen LogP contribution in [0.25, 0.3) is 0 Å². The van der Waals surface area contributed by atoms with Gasteiger partial charge < -0.3 is 5.11 Å². The highest BCUT2D eigenvalue weighted by Crippen LogP contribution is 2.39. The van der Waals surface area contributed by atoms with Crippen LogP contribution in [0.2, 0.25) is 0 Å². The maximum Gasteiger partial charge on any atom is 0.418 e. The Morgan fingerprint density at radius 1 is 1.00 bits per heavy atom. The molecule has 90 valence electrons. The van der Waals surface area contributed by atoms with Crippen LogP contribution in [0.1, 0.15) is 16.8 Å². The summed E-state index contributed by atoms with van der Waals surface area (Å²) in [5.41, 5.74) is -4.18. The van der Waals surface area contributed by atoms with Gasteiger partial charge >= 0.3 is 12.4 Å². The van der Waals surface area contributed by atoms with Gasteiger partial charge in [-0.1, -0.05) is 0 Å². The van der Waals surface area contributed by atoms with Gasteiger partial charge in [-0.3, -0.25) is 4.98 Å². The van der Waals surface area contributed by atoms with E-state index in [1.807, 2.05) is 0 Å². The number of hydrogen-bond acceptors (Lipinski definition) is 2. The summed E-state index contributed by atoms with van der Waals surface area (Å²) in [5, 5.41) is 8.51. The Bertz CT molecular complexity index is 383. The monoisotopic (exact) mass is 245 g/mol.